The summed E-state index contributed by atoms with van der Waals surface area (Å²) in [6.45, 7) is 1.52. The van der Waals surface area contributed by atoms with E-state index in [4.69, 9.17) is 18.8 Å². The summed E-state index contributed by atoms with van der Waals surface area (Å²) in [5, 5.41) is 0. The first-order chi connectivity index (χ1) is 16.0. The number of hydrogen-bond donors (Lipinski definition) is 0. The van der Waals surface area contributed by atoms with Gasteiger partial charge in [0.1, 0.15) is 17.3 Å². The molecule has 6 rings (SSSR count). The molecule has 33 heavy (non-hydrogen) atoms. The van der Waals surface area contributed by atoms with Crippen LogP contribution in [0, 0.1) is 5.82 Å². The molecule has 1 fully saturated rings. The molecule has 4 aromatic rings. The van der Waals surface area contributed by atoms with Crippen LogP contribution in [0.5, 0.6) is 0 Å². The van der Waals surface area contributed by atoms with E-state index in [0.717, 1.165) is 46.9 Å². The maximum absolute atomic E-state index is 13.6. The second-order valence-corrected chi connectivity index (χ2v) is 9.84. The molecule has 0 bridgehead atoms. The summed E-state index contributed by atoms with van der Waals surface area (Å²) < 4.78 is 26.6. The molecule has 1 saturated carbocycles. The van der Waals surface area contributed by atoms with E-state index in [-0.39, 0.29) is 5.82 Å². The number of halogens is 3. The molecule has 1 aliphatic heterocycles. The van der Waals surface area contributed by atoms with Gasteiger partial charge in [-0.2, -0.15) is 0 Å². The molecule has 0 N–H and O–H groups in total. The third kappa shape index (κ3) is 4.23. The maximum Gasteiger partial charge on any atom is 0.169 e. The van der Waals surface area contributed by atoms with E-state index in [0.29, 0.717) is 27.0 Å². The van der Waals surface area contributed by atoms with Crippen molar-refractivity contribution in [1.29, 1.82) is 0 Å². The fraction of sp³-hybridized carbons (Fsp3) is 0.200. The standard InChI is InChI=1S/C25H18Br2FN3O2/c26-21-9-7-18(32-21)11-15-12-31(17-5-6-17)13-19-23(15)29-25(14-1-3-16(28)4-2-14)30-24(19)20-8-10-22(27)33-20/h1-4,7-11,17H,5-6,12-13H2/b15-11+. The average molecular weight is 571 g/mol. The van der Waals surface area contributed by atoms with Crippen LogP contribution in [0.2, 0.25) is 0 Å². The predicted octanol–water partition coefficient (Wildman–Crippen LogP) is 7.18. The number of nitrogens with zero attached hydrogens (tertiary/aromatic N) is 3. The third-order valence-corrected chi connectivity index (χ3v) is 6.78. The van der Waals surface area contributed by atoms with Gasteiger partial charge in [-0.3, -0.25) is 4.90 Å². The largest absolute Gasteiger partial charge is 0.450 e. The molecule has 5 nitrogen and oxygen atoms in total. The summed E-state index contributed by atoms with van der Waals surface area (Å²) in [6.07, 6.45) is 4.44. The number of aromatic nitrogens is 2. The highest BCUT2D eigenvalue weighted by atomic mass is 79.9. The van der Waals surface area contributed by atoms with E-state index in [9.17, 15) is 4.39 Å². The minimum Gasteiger partial charge on any atom is -0.450 e. The first-order valence-corrected chi connectivity index (χ1v) is 12.2. The van der Waals surface area contributed by atoms with Gasteiger partial charge in [-0.15, -0.1) is 0 Å². The SMILES string of the molecule is Fc1ccc(-c2nc3c(c(-c4ccc(Br)o4)n2)CN(C2CC2)C/C3=C\c2ccc(Br)o2)cc1. The van der Waals surface area contributed by atoms with Gasteiger partial charge in [0.15, 0.2) is 20.9 Å². The predicted molar refractivity (Wildman–Crippen MR) is 131 cm³/mol. The van der Waals surface area contributed by atoms with Crippen molar-refractivity contribution in [3.8, 4) is 22.8 Å². The Morgan fingerprint density at radius 2 is 1.61 bits per heavy atom. The van der Waals surface area contributed by atoms with Crippen molar-refractivity contribution in [3.05, 3.63) is 80.7 Å². The van der Waals surface area contributed by atoms with Crippen molar-refractivity contribution in [2.75, 3.05) is 6.54 Å². The van der Waals surface area contributed by atoms with Crippen LogP contribution in [0.15, 0.2) is 66.7 Å². The van der Waals surface area contributed by atoms with Crippen LogP contribution in [0.4, 0.5) is 4.39 Å². The minimum atomic E-state index is -0.295. The van der Waals surface area contributed by atoms with Gasteiger partial charge in [0, 0.05) is 30.3 Å². The summed E-state index contributed by atoms with van der Waals surface area (Å²) in [5.41, 5.74) is 4.45. The monoisotopic (exact) mass is 569 g/mol. The van der Waals surface area contributed by atoms with Crippen LogP contribution in [0.3, 0.4) is 0 Å². The van der Waals surface area contributed by atoms with Crippen LogP contribution < -0.4 is 0 Å². The number of rotatable bonds is 4. The zero-order chi connectivity index (χ0) is 22.5. The summed E-state index contributed by atoms with van der Waals surface area (Å²) in [7, 11) is 0. The lowest BCUT2D eigenvalue weighted by Gasteiger charge is -2.31. The quantitative estimate of drug-likeness (QED) is 0.260. The molecule has 0 unspecified atom stereocenters. The highest BCUT2D eigenvalue weighted by Gasteiger charge is 2.36. The Labute approximate surface area is 206 Å². The maximum atomic E-state index is 13.6. The van der Waals surface area contributed by atoms with E-state index in [1.54, 1.807) is 12.1 Å². The number of benzene rings is 1. The first-order valence-electron chi connectivity index (χ1n) is 10.7. The van der Waals surface area contributed by atoms with E-state index < -0.39 is 0 Å². The summed E-state index contributed by atoms with van der Waals surface area (Å²) in [4.78, 5) is 12.3. The van der Waals surface area contributed by atoms with Gasteiger partial charge in [-0.25, -0.2) is 14.4 Å². The third-order valence-electron chi connectivity index (χ3n) is 5.93. The Morgan fingerprint density at radius 3 is 2.27 bits per heavy atom. The number of fused-ring (bicyclic) bond motifs is 1. The molecular weight excluding hydrogens is 553 g/mol. The second kappa shape index (κ2) is 8.34. The highest BCUT2D eigenvalue weighted by molar-refractivity contribution is 9.10. The van der Waals surface area contributed by atoms with Crippen molar-refractivity contribution in [1.82, 2.24) is 14.9 Å². The van der Waals surface area contributed by atoms with Crippen LogP contribution >= 0.6 is 31.9 Å². The van der Waals surface area contributed by atoms with Crippen LogP contribution in [-0.2, 0) is 6.54 Å². The van der Waals surface area contributed by atoms with Gasteiger partial charge in [-0.05, 0) is 105 Å². The average Bonchev–Trinajstić information content (AvgIpc) is 3.45. The Morgan fingerprint density at radius 1 is 0.879 bits per heavy atom. The molecule has 1 aromatic carbocycles. The van der Waals surface area contributed by atoms with Gasteiger partial charge in [-0.1, -0.05) is 0 Å². The van der Waals surface area contributed by atoms with Gasteiger partial charge in [0.25, 0.3) is 0 Å². The van der Waals surface area contributed by atoms with E-state index in [1.807, 2.05) is 30.3 Å². The second-order valence-electron chi connectivity index (χ2n) is 8.28. The molecule has 0 spiro atoms. The Bertz CT molecular complexity index is 1370. The Balaban J connectivity index is 1.57. The lowest BCUT2D eigenvalue weighted by atomic mass is 9.96. The molecule has 0 radical (unpaired) electrons. The number of hydrogen-bond acceptors (Lipinski definition) is 5. The lowest BCUT2D eigenvalue weighted by molar-refractivity contribution is 0.279. The molecule has 0 saturated heterocycles. The summed E-state index contributed by atoms with van der Waals surface area (Å²) in [5.74, 6) is 1.66. The topological polar surface area (TPSA) is 55.3 Å². The van der Waals surface area contributed by atoms with Crippen LogP contribution in [0.25, 0.3) is 34.5 Å². The van der Waals surface area contributed by atoms with E-state index >= 15 is 0 Å². The highest BCUT2D eigenvalue weighted by Crippen LogP contribution is 2.40. The van der Waals surface area contributed by atoms with Crippen molar-refractivity contribution >= 4 is 43.5 Å². The zero-order valence-electron chi connectivity index (χ0n) is 17.4. The van der Waals surface area contributed by atoms with Crippen molar-refractivity contribution in [3.63, 3.8) is 0 Å². The Hall–Kier alpha value is -2.55. The first kappa shape index (κ1) is 21.0. The molecule has 0 amide bonds. The van der Waals surface area contributed by atoms with E-state index in [2.05, 4.69) is 36.8 Å². The molecule has 8 heteroatoms. The minimum absolute atomic E-state index is 0.295. The van der Waals surface area contributed by atoms with Gasteiger partial charge in [0.05, 0.1) is 5.69 Å². The molecule has 4 heterocycles. The fourth-order valence-corrected chi connectivity index (χ4v) is 4.84. The summed E-state index contributed by atoms with van der Waals surface area (Å²) in [6, 6.07) is 14.4. The molecule has 3 aromatic heterocycles. The summed E-state index contributed by atoms with van der Waals surface area (Å²) >= 11 is 6.80. The molecule has 2 aliphatic rings. The van der Waals surface area contributed by atoms with Crippen molar-refractivity contribution < 1.29 is 13.2 Å². The Kier molecular flexibility index (Phi) is 5.31. The van der Waals surface area contributed by atoms with Crippen LogP contribution in [-0.4, -0.2) is 27.5 Å². The van der Waals surface area contributed by atoms with E-state index in [1.165, 1.54) is 25.0 Å². The normalized spacial score (nSPS) is 17.5. The van der Waals surface area contributed by atoms with Crippen molar-refractivity contribution in [2.45, 2.75) is 25.4 Å². The lowest BCUT2D eigenvalue weighted by Crippen LogP contribution is -2.33. The van der Waals surface area contributed by atoms with Crippen molar-refractivity contribution in [2.24, 2.45) is 0 Å². The number of furan rings is 2. The van der Waals surface area contributed by atoms with Gasteiger partial charge in [0.2, 0.25) is 0 Å². The van der Waals surface area contributed by atoms with Gasteiger partial charge < -0.3 is 8.83 Å². The van der Waals surface area contributed by atoms with Crippen LogP contribution in [0.1, 0.15) is 29.9 Å². The molecule has 1 aliphatic carbocycles. The molecule has 0 atom stereocenters. The fourth-order valence-electron chi connectivity index (χ4n) is 4.21. The smallest absolute Gasteiger partial charge is 0.169 e. The zero-order valence-corrected chi connectivity index (χ0v) is 20.6. The van der Waals surface area contributed by atoms with Gasteiger partial charge >= 0.3 is 0 Å². The molecule has 166 valence electrons. The molecular formula is C25H18Br2FN3O2.